The van der Waals surface area contributed by atoms with Crippen molar-refractivity contribution >= 4 is 11.8 Å². The molecular formula is C13H18N4O3. The molecule has 2 amide bonds. The standard InChI is InChI=1S/C13H18N4O3/c1-9-14-10(16-20-9)4-7-17-8-11(18)15-13(12(17)19)5-2-3-6-13/h2-8H2,1H3,(H,15,18). The topological polar surface area (TPSA) is 88.3 Å². The van der Waals surface area contributed by atoms with Gasteiger partial charge < -0.3 is 14.7 Å². The van der Waals surface area contributed by atoms with Crippen molar-refractivity contribution < 1.29 is 14.1 Å². The highest BCUT2D eigenvalue weighted by molar-refractivity contribution is 5.98. The maximum atomic E-state index is 12.6. The summed E-state index contributed by atoms with van der Waals surface area (Å²) in [6, 6.07) is 0. The number of hydrogen-bond acceptors (Lipinski definition) is 5. The fraction of sp³-hybridized carbons (Fsp3) is 0.692. The smallest absolute Gasteiger partial charge is 0.248 e. The third-order valence-corrected chi connectivity index (χ3v) is 4.04. The third kappa shape index (κ3) is 2.28. The van der Waals surface area contributed by atoms with Crippen molar-refractivity contribution in [3.05, 3.63) is 11.7 Å². The van der Waals surface area contributed by atoms with Crippen LogP contribution < -0.4 is 5.32 Å². The quantitative estimate of drug-likeness (QED) is 0.852. The van der Waals surface area contributed by atoms with Gasteiger partial charge in [0.15, 0.2) is 5.82 Å². The molecule has 108 valence electrons. The van der Waals surface area contributed by atoms with Crippen molar-refractivity contribution in [3.63, 3.8) is 0 Å². The average Bonchev–Trinajstić information content (AvgIpc) is 3.02. The Labute approximate surface area is 116 Å². The monoisotopic (exact) mass is 278 g/mol. The van der Waals surface area contributed by atoms with Crippen LogP contribution in [-0.2, 0) is 16.0 Å². The van der Waals surface area contributed by atoms with Crippen LogP contribution in [-0.4, -0.2) is 45.5 Å². The number of nitrogens with one attached hydrogen (secondary N) is 1. The van der Waals surface area contributed by atoms with Crippen LogP contribution in [0.3, 0.4) is 0 Å². The van der Waals surface area contributed by atoms with Gasteiger partial charge in [-0.05, 0) is 12.8 Å². The lowest BCUT2D eigenvalue weighted by Crippen LogP contribution is -2.65. The molecule has 1 N–H and O–H groups in total. The van der Waals surface area contributed by atoms with Gasteiger partial charge in [0.2, 0.25) is 17.7 Å². The Balaban J connectivity index is 1.68. The van der Waals surface area contributed by atoms with Crippen molar-refractivity contribution in [2.45, 2.75) is 44.6 Å². The second-order valence-corrected chi connectivity index (χ2v) is 5.54. The van der Waals surface area contributed by atoms with E-state index in [9.17, 15) is 9.59 Å². The number of amides is 2. The number of nitrogens with zero attached hydrogens (tertiary/aromatic N) is 3. The van der Waals surface area contributed by atoms with E-state index in [0.717, 1.165) is 25.7 Å². The fourth-order valence-corrected chi connectivity index (χ4v) is 3.08. The number of aryl methyl sites for hydroxylation is 1. The minimum atomic E-state index is -0.650. The molecule has 1 spiro atoms. The summed E-state index contributed by atoms with van der Waals surface area (Å²) in [5, 5.41) is 6.70. The van der Waals surface area contributed by atoms with Gasteiger partial charge in [-0.25, -0.2) is 0 Å². The van der Waals surface area contributed by atoms with Crippen molar-refractivity contribution in [1.82, 2.24) is 20.4 Å². The maximum absolute atomic E-state index is 12.6. The molecule has 1 saturated heterocycles. The first-order chi connectivity index (χ1) is 9.59. The van der Waals surface area contributed by atoms with Crippen LogP contribution in [0, 0.1) is 6.92 Å². The largest absolute Gasteiger partial charge is 0.340 e. The molecule has 7 heteroatoms. The molecule has 2 heterocycles. The minimum Gasteiger partial charge on any atom is -0.340 e. The lowest BCUT2D eigenvalue weighted by Gasteiger charge is -2.39. The van der Waals surface area contributed by atoms with Crippen molar-refractivity contribution in [2.24, 2.45) is 0 Å². The van der Waals surface area contributed by atoms with E-state index in [0.29, 0.717) is 24.7 Å². The second-order valence-electron chi connectivity index (χ2n) is 5.54. The van der Waals surface area contributed by atoms with Gasteiger partial charge in [-0.15, -0.1) is 0 Å². The lowest BCUT2D eigenvalue weighted by atomic mass is 9.93. The predicted octanol–water partition coefficient (Wildman–Crippen LogP) is 0.192. The zero-order valence-corrected chi connectivity index (χ0v) is 11.5. The Morgan fingerprint density at radius 1 is 1.35 bits per heavy atom. The molecule has 2 fully saturated rings. The molecule has 1 aromatic rings. The van der Waals surface area contributed by atoms with Gasteiger partial charge in [0.05, 0.1) is 6.54 Å². The highest BCUT2D eigenvalue weighted by Gasteiger charge is 2.48. The molecule has 0 radical (unpaired) electrons. The zero-order chi connectivity index (χ0) is 14.2. The summed E-state index contributed by atoms with van der Waals surface area (Å²) >= 11 is 0. The third-order valence-electron chi connectivity index (χ3n) is 4.04. The van der Waals surface area contributed by atoms with Crippen molar-refractivity contribution in [1.29, 1.82) is 0 Å². The number of piperazine rings is 1. The van der Waals surface area contributed by atoms with Crippen LogP contribution in [0.4, 0.5) is 0 Å². The van der Waals surface area contributed by atoms with E-state index in [4.69, 9.17) is 4.52 Å². The lowest BCUT2D eigenvalue weighted by molar-refractivity contribution is -0.149. The van der Waals surface area contributed by atoms with Gasteiger partial charge in [0.1, 0.15) is 5.54 Å². The predicted molar refractivity (Wildman–Crippen MR) is 68.7 cm³/mol. The second kappa shape index (κ2) is 4.88. The van der Waals surface area contributed by atoms with E-state index < -0.39 is 5.54 Å². The summed E-state index contributed by atoms with van der Waals surface area (Å²) in [4.78, 5) is 30.1. The molecule has 1 saturated carbocycles. The summed E-state index contributed by atoms with van der Waals surface area (Å²) in [7, 11) is 0. The number of carbonyl (C=O) groups excluding carboxylic acids is 2. The summed E-state index contributed by atoms with van der Waals surface area (Å²) in [5.74, 6) is 1.04. The number of rotatable bonds is 3. The molecule has 0 aromatic carbocycles. The first kappa shape index (κ1) is 13.1. The van der Waals surface area contributed by atoms with Crippen LogP contribution in [0.15, 0.2) is 4.52 Å². The van der Waals surface area contributed by atoms with E-state index in [-0.39, 0.29) is 18.4 Å². The molecule has 0 unspecified atom stereocenters. The highest BCUT2D eigenvalue weighted by atomic mass is 16.5. The molecular weight excluding hydrogens is 260 g/mol. The highest BCUT2D eigenvalue weighted by Crippen LogP contribution is 2.33. The number of aromatic nitrogens is 2. The fourth-order valence-electron chi connectivity index (χ4n) is 3.08. The number of carbonyl (C=O) groups is 2. The van der Waals surface area contributed by atoms with Gasteiger partial charge in [-0.2, -0.15) is 4.98 Å². The molecule has 0 bridgehead atoms. The van der Waals surface area contributed by atoms with Gasteiger partial charge in [-0.1, -0.05) is 18.0 Å². The normalized spacial score (nSPS) is 21.6. The van der Waals surface area contributed by atoms with E-state index in [1.807, 2.05) is 0 Å². The van der Waals surface area contributed by atoms with Gasteiger partial charge in [0.25, 0.3) is 0 Å². The van der Waals surface area contributed by atoms with Crippen LogP contribution in [0.2, 0.25) is 0 Å². The van der Waals surface area contributed by atoms with Gasteiger partial charge >= 0.3 is 0 Å². The average molecular weight is 278 g/mol. The Kier molecular flexibility index (Phi) is 3.19. The van der Waals surface area contributed by atoms with Gasteiger partial charge in [0, 0.05) is 19.9 Å². The molecule has 20 heavy (non-hydrogen) atoms. The first-order valence-electron chi connectivity index (χ1n) is 6.99. The molecule has 0 atom stereocenters. The number of hydrogen-bond donors (Lipinski definition) is 1. The van der Waals surface area contributed by atoms with Crippen molar-refractivity contribution in [3.8, 4) is 0 Å². The summed E-state index contributed by atoms with van der Waals surface area (Å²) in [6.07, 6.45) is 3.98. The Morgan fingerprint density at radius 3 is 2.75 bits per heavy atom. The molecule has 1 aliphatic carbocycles. The van der Waals surface area contributed by atoms with Crippen LogP contribution in [0.1, 0.15) is 37.4 Å². The van der Waals surface area contributed by atoms with E-state index in [1.165, 1.54) is 0 Å². The molecule has 2 aliphatic rings. The van der Waals surface area contributed by atoms with Crippen LogP contribution in [0.25, 0.3) is 0 Å². The molecule has 1 aliphatic heterocycles. The Hall–Kier alpha value is -1.92. The summed E-state index contributed by atoms with van der Waals surface area (Å²) < 4.78 is 4.90. The molecule has 7 nitrogen and oxygen atoms in total. The van der Waals surface area contributed by atoms with E-state index in [2.05, 4.69) is 15.5 Å². The zero-order valence-electron chi connectivity index (χ0n) is 11.5. The summed E-state index contributed by atoms with van der Waals surface area (Å²) in [5.41, 5.74) is -0.650. The SMILES string of the molecule is Cc1nc(CCN2CC(=O)NC3(CCCC3)C2=O)no1. The maximum Gasteiger partial charge on any atom is 0.248 e. The summed E-state index contributed by atoms with van der Waals surface area (Å²) in [6.45, 7) is 2.30. The Bertz CT molecular complexity index is 533. The van der Waals surface area contributed by atoms with Gasteiger partial charge in [-0.3, -0.25) is 9.59 Å². The Morgan fingerprint density at radius 2 is 2.10 bits per heavy atom. The van der Waals surface area contributed by atoms with E-state index in [1.54, 1.807) is 11.8 Å². The molecule has 1 aromatic heterocycles. The molecule has 3 rings (SSSR count). The van der Waals surface area contributed by atoms with Crippen LogP contribution >= 0.6 is 0 Å². The minimum absolute atomic E-state index is 0.0369. The van der Waals surface area contributed by atoms with Crippen LogP contribution in [0.5, 0.6) is 0 Å². The van der Waals surface area contributed by atoms with E-state index >= 15 is 0 Å². The first-order valence-corrected chi connectivity index (χ1v) is 6.99. The van der Waals surface area contributed by atoms with Crippen molar-refractivity contribution in [2.75, 3.05) is 13.1 Å².